The summed E-state index contributed by atoms with van der Waals surface area (Å²) in [7, 11) is 0. The first-order chi connectivity index (χ1) is 14.0. The standard InChI is InChI=1S/C20H21N3O5S/c1-3-28-19(27)15-12-21-20(29-2)23(18(15)26)11-7-6-10-22-16(24)13-8-4-5-9-14(13)17(22)25/h4-5,8-9,12H,3,6-7,10-11H2,1-2H3. The summed E-state index contributed by atoms with van der Waals surface area (Å²) in [6, 6.07) is 6.75. The molecule has 0 unspecified atom stereocenters. The summed E-state index contributed by atoms with van der Waals surface area (Å²) in [6.07, 6.45) is 4.09. The molecule has 0 N–H and O–H groups in total. The van der Waals surface area contributed by atoms with Crippen LogP contribution in [0.5, 0.6) is 0 Å². The molecule has 2 amide bonds. The minimum absolute atomic E-state index is 0.106. The summed E-state index contributed by atoms with van der Waals surface area (Å²) in [5.74, 6) is -1.28. The molecule has 0 spiro atoms. The highest BCUT2D eigenvalue weighted by Crippen LogP contribution is 2.22. The van der Waals surface area contributed by atoms with Gasteiger partial charge in [-0.25, -0.2) is 9.78 Å². The predicted molar refractivity (Wildman–Crippen MR) is 107 cm³/mol. The Balaban J connectivity index is 1.66. The Kier molecular flexibility index (Phi) is 6.48. The van der Waals surface area contributed by atoms with Crippen molar-refractivity contribution in [2.75, 3.05) is 19.4 Å². The van der Waals surface area contributed by atoms with Gasteiger partial charge < -0.3 is 4.74 Å². The van der Waals surface area contributed by atoms with Crippen molar-refractivity contribution < 1.29 is 19.1 Å². The smallest absolute Gasteiger partial charge is 0.345 e. The van der Waals surface area contributed by atoms with Crippen LogP contribution in [-0.2, 0) is 11.3 Å². The summed E-state index contributed by atoms with van der Waals surface area (Å²) in [6.45, 7) is 2.42. The first-order valence-electron chi connectivity index (χ1n) is 9.25. The van der Waals surface area contributed by atoms with Crippen LogP contribution < -0.4 is 5.56 Å². The molecule has 1 aliphatic heterocycles. The van der Waals surface area contributed by atoms with E-state index in [4.69, 9.17) is 4.74 Å². The molecule has 0 aliphatic carbocycles. The number of unbranched alkanes of at least 4 members (excludes halogenated alkanes) is 1. The fourth-order valence-corrected chi connectivity index (χ4v) is 3.72. The predicted octanol–water partition coefficient (Wildman–Crippen LogP) is 2.22. The van der Waals surface area contributed by atoms with Crippen LogP contribution in [0.2, 0.25) is 0 Å². The highest BCUT2D eigenvalue weighted by Gasteiger charge is 2.34. The molecule has 0 bridgehead atoms. The highest BCUT2D eigenvalue weighted by molar-refractivity contribution is 7.98. The molecule has 152 valence electrons. The van der Waals surface area contributed by atoms with Gasteiger partial charge in [0.25, 0.3) is 17.4 Å². The Morgan fingerprint density at radius 2 is 1.69 bits per heavy atom. The summed E-state index contributed by atoms with van der Waals surface area (Å²) >= 11 is 1.30. The number of hydrogen-bond donors (Lipinski definition) is 0. The molecule has 2 aromatic rings. The molecule has 1 aromatic carbocycles. The number of carbonyl (C=O) groups is 3. The largest absolute Gasteiger partial charge is 0.462 e. The molecule has 0 saturated carbocycles. The number of imide groups is 1. The number of hydrogen-bond acceptors (Lipinski definition) is 7. The van der Waals surface area contributed by atoms with Gasteiger partial charge in [-0.2, -0.15) is 0 Å². The zero-order valence-corrected chi connectivity index (χ0v) is 17.0. The number of carbonyl (C=O) groups excluding carboxylic acids is 3. The van der Waals surface area contributed by atoms with Crippen LogP contribution in [0.25, 0.3) is 0 Å². The zero-order chi connectivity index (χ0) is 21.0. The first kappa shape index (κ1) is 20.8. The molecule has 9 heteroatoms. The fraction of sp³-hybridized carbons (Fsp3) is 0.350. The van der Waals surface area contributed by atoms with Gasteiger partial charge in [-0.3, -0.25) is 23.9 Å². The van der Waals surface area contributed by atoms with Gasteiger partial charge in [0, 0.05) is 19.3 Å². The number of nitrogens with zero attached hydrogens (tertiary/aromatic N) is 3. The van der Waals surface area contributed by atoms with Crippen LogP contribution in [0.1, 0.15) is 50.8 Å². The SMILES string of the molecule is CCOC(=O)c1cnc(SC)n(CCCCN2C(=O)c3ccccc3C2=O)c1=O. The maximum absolute atomic E-state index is 12.7. The van der Waals surface area contributed by atoms with Gasteiger partial charge >= 0.3 is 5.97 Å². The number of thioether (sulfide) groups is 1. The van der Waals surface area contributed by atoms with E-state index < -0.39 is 11.5 Å². The van der Waals surface area contributed by atoms with E-state index in [0.29, 0.717) is 35.7 Å². The first-order valence-corrected chi connectivity index (χ1v) is 10.5. The third kappa shape index (κ3) is 4.09. The van der Waals surface area contributed by atoms with E-state index in [1.54, 1.807) is 37.4 Å². The molecule has 3 rings (SSSR count). The quantitative estimate of drug-likeness (QED) is 0.214. The number of fused-ring (bicyclic) bond motifs is 1. The van der Waals surface area contributed by atoms with E-state index in [-0.39, 0.29) is 30.5 Å². The molecule has 8 nitrogen and oxygen atoms in total. The molecule has 1 aliphatic rings. The fourth-order valence-electron chi connectivity index (χ4n) is 3.17. The van der Waals surface area contributed by atoms with Crippen molar-refractivity contribution in [2.24, 2.45) is 0 Å². The Bertz CT molecular complexity index is 982. The van der Waals surface area contributed by atoms with Crippen molar-refractivity contribution in [1.29, 1.82) is 0 Å². The Labute approximate surface area is 171 Å². The number of benzene rings is 1. The van der Waals surface area contributed by atoms with Crippen LogP contribution in [0, 0.1) is 0 Å². The van der Waals surface area contributed by atoms with Gasteiger partial charge in [0.05, 0.1) is 17.7 Å². The van der Waals surface area contributed by atoms with Gasteiger partial charge in [-0.05, 0) is 38.2 Å². The molecule has 0 saturated heterocycles. The highest BCUT2D eigenvalue weighted by atomic mass is 32.2. The van der Waals surface area contributed by atoms with E-state index in [1.807, 2.05) is 0 Å². The van der Waals surface area contributed by atoms with Gasteiger partial charge in [0.1, 0.15) is 5.56 Å². The van der Waals surface area contributed by atoms with Crippen molar-refractivity contribution in [3.63, 3.8) is 0 Å². The minimum Gasteiger partial charge on any atom is -0.462 e. The maximum Gasteiger partial charge on any atom is 0.345 e. The zero-order valence-electron chi connectivity index (χ0n) is 16.2. The van der Waals surface area contributed by atoms with Crippen LogP contribution in [0.15, 0.2) is 40.4 Å². The second kappa shape index (κ2) is 9.04. The number of esters is 1. The van der Waals surface area contributed by atoms with Gasteiger partial charge in [-0.1, -0.05) is 23.9 Å². The number of rotatable bonds is 8. The van der Waals surface area contributed by atoms with Crippen LogP contribution in [-0.4, -0.2) is 51.6 Å². The van der Waals surface area contributed by atoms with Crippen LogP contribution in [0.4, 0.5) is 0 Å². The second-order valence-corrected chi connectivity index (χ2v) is 7.12. The van der Waals surface area contributed by atoms with E-state index in [2.05, 4.69) is 4.98 Å². The Morgan fingerprint density at radius 3 is 2.28 bits per heavy atom. The summed E-state index contributed by atoms with van der Waals surface area (Å²) in [5, 5.41) is 0.490. The topological polar surface area (TPSA) is 98.6 Å². The normalized spacial score (nSPS) is 13.0. The van der Waals surface area contributed by atoms with E-state index in [1.165, 1.54) is 27.4 Å². The monoisotopic (exact) mass is 415 g/mol. The van der Waals surface area contributed by atoms with Crippen LogP contribution >= 0.6 is 11.8 Å². The van der Waals surface area contributed by atoms with Crippen molar-refractivity contribution in [3.05, 3.63) is 57.5 Å². The summed E-state index contributed by atoms with van der Waals surface area (Å²) < 4.78 is 6.33. The van der Waals surface area contributed by atoms with Gasteiger partial charge in [0.2, 0.25) is 0 Å². The molecule has 29 heavy (non-hydrogen) atoms. The lowest BCUT2D eigenvalue weighted by atomic mass is 10.1. The third-order valence-corrected chi connectivity index (χ3v) is 5.27. The Hall–Kier alpha value is -2.94. The van der Waals surface area contributed by atoms with Gasteiger partial charge in [-0.15, -0.1) is 0 Å². The van der Waals surface area contributed by atoms with Crippen molar-refractivity contribution in [2.45, 2.75) is 31.5 Å². The summed E-state index contributed by atoms with van der Waals surface area (Å²) in [4.78, 5) is 54.8. The molecular weight excluding hydrogens is 394 g/mol. The molecule has 1 aromatic heterocycles. The van der Waals surface area contributed by atoms with E-state index in [9.17, 15) is 19.2 Å². The van der Waals surface area contributed by atoms with Crippen molar-refractivity contribution in [1.82, 2.24) is 14.5 Å². The van der Waals surface area contributed by atoms with E-state index in [0.717, 1.165) is 0 Å². The Morgan fingerprint density at radius 1 is 1.07 bits per heavy atom. The lowest BCUT2D eigenvalue weighted by Crippen LogP contribution is -2.32. The van der Waals surface area contributed by atoms with Crippen molar-refractivity contribution in [3.8, 4) is 0 Å². The number of ether oxygens (including phenoxy) is 1. The van der Waals surface area contributed by atoms with E-state index >= 15 is 0 Å². The molecule has 0 fully saturated rings. The molecular formula is C20H21N3O5S. The average Bonchev–Trinajstić information content (AvgIpc) is 2.97. The van der Waals surface area contributed by atoms with Crippen molar-refractivity contribution >= 4 is 29.5 Å². The molecule has 2 heterocycles. The molecule has 0 radical (unpaired) electrons. The summed E-state index contributed by atoms with van der Waals surface area (Å²) in [5.41, 5.74) is 0.281. The second-order valence-electron chi connectivity index (χ2n) is 6.35. The van der Waals surface area contributed by atoms with Crippen LogP contribution in [0.3, 0.4) is 0 Å². The molecule has 0 atom stereocenters. The lowest BCUT2D eigenvalue weighted by Gasteiger charge is -2.15. The average molecular weight is 415 g/mol. The lowest BCUT2D eigenvalue weighted by molar-refractivity contribution is 0.0521. The number of amides is 2. The van der Waals surface area contributed by atoms with Gasteiger partial charge in [0.15, 0.2) is 5.16 Å². The third-order valence-electron chi connectivity index (χ3n) is 4.58. The minimum atomic E-state index is -0.697. The number of aromatic nitrogens is 2. The maximum atomic E-state index is 12.7.